The zero-order valence-corrected chi connectivity index (χ0v) is 34.8. The Bertz CT molecular complexity index is 946. The number of allylic oxidation sites excluding steroid dienone is 2. The molecule has 0 aromatic rings. The van der Waals surface area contributed by atoms with Crippen molar-refractivity contribution in [2.75, 3.05) is 13.2 Å². The van der Waals surface area contributed by atoms with Gasteiger partial charge in [-0.15, -0.1) is 6.58 Å². The molecule has 1 aliphatic heterocycles. The molecular weight excluding hydrogens is 683 g/mol. The van der Waals surface area contributed by atoms with Crippen LogP contribution in [-0.4, -0.2) is 75.6 Å². The predicted octanol–water partition coefficient (Wildman–Crippen LogP) is 10.8. The average molecular weight is 769 g/mol. The summed E-state index contributed by atoms with van der Waals surface area (Å²) in [6, 6.07) is 0. The van der Waals surface area contributed by atoms with E-state index in [4.69, 9.17) is 9.47 Å². The highest BCUT2D eigenvalue weighted by atomic mass is 19.1. The average Bonchev–Trinajstić information content (AvgIpc) is 3.15. The van der Waals surface area contributed by atoms with Crippen LogP contribution in [0.4, 0.5) is 4.39 Å². The molecule has 0 aromatic carbocycles. The van der Waals surface area contributed by atoms with E-state index in [-0.39, 0.29) is 12.4 Å². The Morgan fingerprint density at radius 2 is 1.37 bits per heavy atom. The van der Waals surface area contributed by atoms with Crippen molar-refractivity contribution in [2.45, 2.75) is 237 Å². The molecule has 2 aliphatic rings. The third-order valence-electron chi connectivity index (χ3n) is 12.4. The van der Waals surface area contributed by atoms with Gasteiger partial charge in [-0.05, 0) is 62.4 Å². The summed E-state index contributed by atoms with van der Waals surface area (Å²) in [5.74, 6) is -0.0856. The van der Waals surface area contributed by atoms with Crippen LogP contribution in [0.1, 0.15) is 200 Å². The van der Waals surface area contributed by atoms with Gasteiger partial charge in [0.15, 0.2) is 6.29 Å². The molecule has 5 N–H and O–H groups in total. The van der Waals surface area contributed by atoms with Gasteiger partial charge >= 0.3 is 0 Å². The van der Waals surface area contributed by atoms with E-state index >= 15 is 4.39 Å². The van der Waals surface area contributed by atoms with Crippen LogP contribution in [0.3, 0.4) is 0 Å². The SMILES string of the molecule is C=CCC1(CCCCCCCCCC/C(F)=C\C(COC2OC(CO)C(O)C(O)C2O)C(O)CCCCCCCCCCCCCCC)CCCC(C)C1. The van der Waals surface area contributed by atoms with Crippen molar-refractivity contribution in [1.82, 2.24) is 0 Å². The first-order valence-corrected chi connectivity index (χ1v) is 22.7. The summed E-state index contributed by atoms with van der Waals surface area (Å²) in [7, 11) is 0. The van der Waals surface area contributed by atoms with Crippen molar-refractivity contribution in [3.63, 3.8) is 0 Å². The normalized spacial score (nSPS) is 27.6. The number of hydrogen-bond acceptors (Lipinski definition) is 7. The summed E-state index contributed by atoms with van der Waals surface area (Å²) < 4.78 is 26.5. The molecule has 1 saturated carbocycles. The minimum Gasteiger partial charge on any atom is -0.394 e. The molecule has 1 saturated heterocycles. The first kappa shape index (κ1) is 49.3. The van der Waals surface area contributed by atoms with E-state index in [0.717, 1.165) is 50.9 Å². The fraction of sp³-hybridized carbons (Fsp3) is 0.913. The summed E-state index contributed by atoms with van der Waals surface area (Å²) in [6.45, 7) is 8.02. The largest absolute Gasteiger partial charge is 0.394 e. The zero-order chi connectivity index (χ0) is 39.4. The maximum atomic E-state index is 15.3. The number of unbranched alkanes of at least 4 members (excludes halogenated alkanes) is 19. The fourth-order valence-electron chi connectivity index (χ4n) is 9.03. The van der Waals surface area contributed by atoms with E-state index in [1.54, 1.807) is 0 Å². The van der Waals surface area contributed by atoms with Gasteiger partial charge in [0.05, 0.1) is 25.1 Å². The van der Waals surface area contributed by atoms with Crippen LogP contribution >= 0.6 is 0 Å². The van der Waals surface area contributed by atoms with Gasteiger partial charge in [0.1, 0.15) is 24.4 Å². The number of aliphatic hydroxyl groups is 5. The molecule has 9 atom stereocenters. The van der Waals surface area contributed by atoms with Crippen molar-refractivity contribution in [2.24, 2.45) is 17.3 Å². The molecule has 1 heterocycles. The smallest absolute Gasteiger partial charge is 0.186 e. The van der Waals surface area contributed by atoms with Gasteiger partial charge in [0, 0.05) is 5.92 Å². The van der Waals surface area contributed by atoms with Crippen LogP contribution in [0.2, 0.25) is 0 Å². The molecule has 0 radical (unpaired) electrons. The molecule has 2 rings (SSSR count). The monoisotopic (exact) mass is 769 g/mol. The quantitative estimate of drug-likeness (QED) is 0.0333. The lowest BCUT2D eigenvalue weighted by Crippen LogP contribution is -2.59. The van der Waals surface area contributed by atoms with Crippen LogP contribution in [0, 0.1) is 17.3 Å². The van der Waals surface area contributed by atoms with Crippen LogP contribution in [-0.2, 0) is 9.47 Å². The van der Waals surface area contributed by atoms with E-state index in [2.05, 4.69) is 26.5 Å². The number of rotatable bonds is 33. The third kappa shape index (κ3) is 20.5. The van der Waals surface area contributed by atoms with E-state index in [0.29, 0.717) is 18.3 Å². The Kier molecular flexibility index (Phi) is 27.6. The number of hydrogen-bond donors (Lipinski definition) is 5. The van der Waals surface area contributed by atoms with Gasteiger partial charge < -0.3 is 35.0 Å². The van der Waals surface area contributed by atoms with Gasteiger partial charge in [0.2, 0.25) is 0 Å². The van der Waals surface area contributed by atoms with Crippen LogP contribution in [0.5, 0.6) is 0 Å². The molecule has 7 nitrogen and oxygen atoms in total. The minimum absolute atomic E-state index is 0.122. The van der Waals surface area contributed by atoms with Gasteiger partial charge in [-0.25, -0.2) is 4.39 Å². The zero-order valence-electron chi connectivity index (χ0n) is 34.8. The minimum atomic E-state index is -1.55. The summed E-state index contributed by atoms with van der Waals surface area (Å²) in [5.41, 5.74) is 0.490. The van der Waals surface area contributed by atoms with Gasteiger partial charge in [-0.3, -0.25) is 0 Å². The molecule has 0 spiro atoms. The Morgan fingerprint density at radius 3 is 1.93 bits per heavy atom. The van der Waals surface area contributed by atoms with Crippen molar-refractivity contribution >= 4 is 0 Å². The van der Waals surface area contributed by atoms with Crippen LogP contribution < -0.4 is 0 Å². The van der Waals surface area contributed by atoms with Gasteiger partial charge in [-0.2, -0.15) is 0 Å². The molecule has 0 aromatic heterocycles. The van der Waals surface area contributed by atoms with E-state index in [1.165, 1.54) is 134 Å². The predicted molar refractivity (Wildman–Crippen MR) is 220 cm³/mol. The number of halogens is 1. The standard InChI is InChI=1S/C46H85FO7/c1-4-6-7-8-9-10-11-12-13-14-18-21-24-29-40(49)38(36-53-45-44(52)43(51)42(50)41(35-48)54-45)33-39(47)28-23-20-17-15-16-19-22-25-31-46(30-5-2)32-26-27-37(3)34-46/h5,33,37-38,40-45,48-52H,2,4,6-32,34-36H2,1,3H3/b39-33+. The summed E-state index contributed by atoms with van der Waals surface area (Å²) in [5, 5.41) is 51.4. The molecule has 9 unspecified atom stereocenters. The highest BCUT2D eigenvalue weighted by Crippen LogP contribution is 2.46. The maximum Gasteiger partial charge on any atom is 0.186 e. The molecule has 0 amide bonds. The van der Waals surface area contributed by atoms with Crippen LogP contribution in [0.15, 0.2) is 24.6 Å². The van der Waals surface area contributed by atoms with E-state index in [9.17, 15) is 25.5 Å². The summed E-state index contributed by atoms with van der Waals surface area (Å²) in [4.78, 5) is 0. The first-order chi connectivity index (χ1) is 26.2. The van der Waals surface area contributed by atoms with Crippen molar-refractivity contribution in [1.29, 1.82) is 0 Å². The summed E-state index contributed by atoms with van der Waals surface area (Å²) >= 11 is 0. The lowest BCUT2D eigenvalue weighted by atomic mass is 9.66. The Morgan fingerprint density at radius 1 is 0.815 bits per heavy atom. The second kappa shape index (κ2) is 30.2. The van der Waals surface area contributed by atoms with E-state index in [1.807, 2.05) is 0 Å². The second-order valence-electron chi connectivity index (χ2n) is 17.4. The maximum absolute atomic E-state index is 15.3. The molecule has 0 bridgehead atoms. The van der Waals surface area contributed by atoms with Crippen LogP contribution in [0.25, 0.3) is 0 Å². The lowest BCUT2D eigenvalue weighted by Gasteiger charge is -2.40. The molecule has 54 heavy (non-hydrogen) atoms. The Balaban J connectivity index is 1.72. The first-order valence-electron chi connectivity index (χ1n) is 22.7. The van der Waals surface area contributed by atoms with Gasteiger partial charge in [0.25, 0.3) is 0 Å². The Hall–Kier alpha value is -0.870. The van der Waals surface area contributed by atoms with Crippen molar-refractivity contribution < 1.29 is 39.4 Å². The lowest BCUT2D eigenvalue weighted by molar-refractivity contribution is -0.303. The van der Waals surface area contributed by atoms with E-state index < -0.39 is 49.3 Å². The molecule has 2 fully saturated rings. The van der Waals surface area contributed by atoms with Gasteiger partial charge in [-0.1, -0.05) is 161 Å². The number of aliphatic hydroxyl groups excluding tert-OH is 5. The fourth-order valence-corrected chi connectivity index (χ4v) is 9.03. The highest BCUT2D eigenvalue weighted by molar-refractivity contribution is 4.99. The van der Waals surface area contributed by atoms with Crippen molar-refractivity contribution in [3.8, 4) is 0 Å². The van der Waals surface area contributed by atoms with Crippen molar-refractivity contribution in [3.05, 3.63) is 24.6 Å². The molecule has 1 aliphatic carbocycles. The number of ether oxygens (including phenoxy) is 2. The summed E-state index contributed by atoms with van der Waals surface area (Å²) in [6.07, 6.45) is 29.7. The molecule has 8 heteroatoms. The molecule has 318 valence electrons. The Labute approximate surface area is 330 Å². The molecular formula is C46H85FO7. The second-order valence-corrected chi connectivity index (χ2v) is 17.4. The highest BCUT2D eigenvalue weighted by Gasteiger charge is 2.44. The third-order valence-corrected chi connectivity index (χ3v) is 12.4. The topological polar surface area (TPSA) is 120 Å².